The van der Waals surface area contributed by atoms with Gasteiger partial charge < -0.3 is 9.84 Å². The zero-order valence-electron chi connectivity index (χ0n) is 13.7. The van der Waals surface area contributed by atoms with E-state index in [4.69, 9.17) is 4.74 Å². The normalized spacial score (nSPS) is 11.5. The molecule has 0 aliphatic rings. The van der Waals surface area contributed by atoms with Crippen molar-refractivity contribution in [3.8, 4) is 17.0 Å². The van der Waals surface area contributed by atoms with Crippen LogP contribution in [-0.4, -0.2) is 22.7 Å². The van der Waals surface area contributed by atoms with E-state index >= 15 is 0 Å². The van der Waals surface area contributed by atoms with E-state index in [1.165, 1.54) is 18.2 Å². The fourth-order valence-electron chi connectivity index (χ4n) is 2.62. The molecule has 1 aromatic heterocycles. The second-order valence-corrected chi connectivity index (χ2v) is 5.55. The topological polar surface area (TPSA) is 59.4 Å². The molecular weight excluding hydrogens is 347 g/mol. The summed E-state index contributed by atoms with van der Waals surface area (Å²) in [4.78, 5) is 16.0. The third kappa shape index (κ3) is 3.46. The van der Waals surface area contributed by atoms with Crippen LogP contribution in [0.1, 0.15) is 22.8 Å². The summed E-state index contributed by atoms with van der Waals surface area (Å²) in [6.07, 6.45) is -4.43. The fourth-order valence-corrected chi connectivity index (χ4v) is 2.62. The van der Waals surface area contributed by atoms with Crippen LogP contribution in [0.15, 0.2) is 48.5 Å². The minimum atomic E-state index is -4.43. The van der Waals surface area contributed by atoms with Crippen LogP contribution in [0, 0.1) is 0 Å². The molecule has 134 valence electrons. The van der Waals surface area contributed by atoms with Gasteiger partial charge in [-0.2, -0.15) is 13.2 Å². The first-order valence-electron chi connectivity index (χ1n) is 7.78. The van der Waals surface area contributed by atoms with Crippen LogP contribution in [0.2, 0.25) is 0 Å². The molecule has 0 aliphatic carbocycles. The molecule has 0 aliphatic heterocycles. The maximum Gasteiger partial charge on any atom is 0.416 e. The lowest BCUT2D eigenvalue weighted by molar-refractivity contribution is -0.137. The Bertz CT molecular complexity index is 966. The van der Waals surface area contributed by atoms with E-state index in [-0.39, 0.29) is 11.3 Å². The van der Waals surface area contributed by atoms with Crippen molar-refractivity contribution in [2.24, 2.45) is 0 Å². The number of aromatic carboxylic acids is 1. The molecule has 26 heavy (non-hydrogen) atoms. The van der Waals surface area contributed by atoms with Crippen molar-refractivity contribution in [1.82, 2.24) is 4.98 Å². The predicted molar refractivity (Wildman–Crippen MR) is 90.3 cm³/mol. The first kappa shape index (κ1) is 17.7. The van der Waals surface area contributed by atoms with Crippen molar-refractivity contribution in [2.45, 2.75) is 13.1 Å². The number of hydrogen-bond acceptors (Lipinski definition) is 3. The van der Waals surface area contributed by atoms with E-state index in [1.54, 1.807) is 18.2 Å². The predicted octanol–water partition coefficient (Wildman–Crippen LogP) is 5.02. The van der Waals surface area contributed by atoms with E-state index in [9.17, 15) is 23.1 Å². The Morgan fingerprint density at radius 1 is 1.12 bits per heavy atom. The van der Waals surface area contributed by atoms with Crippen LogP contribution in [-0.2, 0) is 6.18 Å². The third-order valence-electron chi connectivity index (χ3n) is 3.83. The molecule has 3 rings (SSSR count). The van der Waals surface area contributed by atoms with E-state index < -0.39 is 17.7 Å². The largest absolute Gasteiger partial charge is 0.494 e. The van der Waals surface area contributed by atoms with Crippen molar-refractivity contribution >= 4 is 16.9 Å². The molecule has 0 saturated carbocycles. The van der Waals surface area contributed by atoms with Gasteiger partial charge in [0.1, 0.15) is 5.75 Å². The van der Waals surface area contributed by atoms with Gasteiger partial charge in [0.25, 0.3) is 0 Å². The van der Waals surface area contributed by atoms with Crippen molar-refractivity contribution in [3.05, 3.63) is 59.7 Å². The molecule has 1 N–H and O–H groups in total. The number of benzene rings is 2. The Morgan fingerprint density at radius 3 is 2.38 bits per heavy atom. The Balaban J connectivity index is 2.12. The molecule has 0 spiro atoms. The highest BCUT2D eigenvalue weighted by Crippen LogP contribution is 2.32. The summed E-state index contributed by atoms with van der Waals surface area (Å²) in [5.41, 5.74) is 0.334. The average molecular weight is 361 g/mol. The van der Waals surface area contributed by atoms with Gasteiger partial charge in [0.05, 0.1) is 28.9 Å². The van der Waals surface area contributed by atoms with Crippen molar-refractivity contribution in [1.29, 1.82) is 0 Å². The average Bonchev–Trinajstić information content (AvgIpc) is 2.60. The van der Waals surface area contributed by atoms with Crippen molar-refractivity contribution < 1.29 is 27.8 Å². The van der Waals surface area contributed by atoms with Crippen LogP contribution >= 0.6 is 0 Å². The Morgan fingerprint density at radius 2 is 1.81 bits per heavy atom. The Kier molecular flexibility index (Phi) is 4.54. The first-order chi connectivity index (χ1) is 12.3. The number of alkyl halides is 3. The van der Waals surface area contributed by atoms with Gasteiger partial charge in [-0.3, -0.25) is 0 Å². The van der Waals surface area contributed by atoms with Crippen LogP contribution in [0.3, 0.4) is 0 Å². The van der Waals surface area contributed by atoms with Gasteiger partial charge in [-0.15, -0.1) is 0 Å². The lowest BCUT2D eigenvalue weighted by Gasteiger charge is -2.10. The van der Waals surface area contributed by atoms with Crippen LogP contribution < -0.4 is 4.74 Å². The molecule has 3 aromatic rings. The number of fused-ring (bicyclic) bond motifs is 1. The summed E-state index contributed by atoms with van der Waals surface area (Å²) in [5, 5.41) is 9.91. The lowest BCUT2D eigenvalue weighted by atomic mass is 10.0. The molecule has 0 atom stereocenters. The molecule has 0 fully saturated rings. The van der Waals surface area contributed by atoms with E-state index in [2.05, 4.69) is 4.98 Å². The van der Waals surface area contributed by atoms with Crippen LogP contribution in [0.25, 0.3) is 22.2 Å². The molecular formula is C19H14F3NO3. The third-order valence-corrected chi connectivity index (χ3v) is 3.83. The summed E-state index contributed by atoms with van der Waals surface area (Å²) in [6, 6.07) is 10.7. The molecule has 7 heteroatoms. The second-order valence-electron chi connectivity index (χ2n) is 5.55. The van der Waals surface area contributed by atoms with Crippen molar-refractivity contribution in [3.63, 3.8) is 0 Å². The molecule has 2 aromatic carbocycles. The monoisotopic (exact) mass is 361 g/mol. The number of nitrogens with zero attached hydrogens (tertiary/aromatic N) is 1. The molecule has 0 bridgehead atoms. The fraction of sp³-hybridized carbons (Fsp3) is 0.158. The number of pyridine rings is 1. The Labute approximate surface area is 146 Å². The standard InChI is InChI=1S/C19H14F3NO3/c1-2-26-13-7-8-16-14(9-13)15(18(24)25)10-17(23-16)11-3-5-12(6-4-11)19(20,21)22/h3-10H,2H2,1H3,(H,24,25). The highest BCUT2D eigenvalue weighted by molar-refractivity contribution is 6.04. The second kappa shape index (κ2) is 6.67. The summed E-state index contributed by atoms with van der Waals surface area (Å²) < 4.78 is 43.5. The summed E-state index contributed by atoms with van der Waals surface area (Å²) >= 11 is 0. The number of rotatable bonds is 4. The SMILES string of the molecule is CCOc1ccc2nc(-c3ccc(C(F)(F)F)cc3)cc(C(=O)O)c2c1. The molecule has 0 saturated heterocycles. The number of carbonyl (C=O) groups is 1. The lowest BCUT2D eigenvalue weighted by Crippen LogP contribution is -2.04. The number of halogens is 3. The molecule has 0 unspecified atom stereocenters. The molecule has 0 amide bonds. The summed E-state index contributed by atoms with van der Waals surface area (Å²) in [5.74, 6) is -0.634. The van der Waals surface area contributed by atoms with Crippen LogP contribution in [0.4, 0.5) is 13.2 Å². The quantitative estimate of drug-likeness (QED) is 0.709. The van der Waals surface area contributed by atoms with Gasteiger partial charge in [0.15, 0.2) is 0 Å². The zero-order valence-corrected chi connectivity index (χ0v) is 13.7. The smallest absolute Gasteiger partial charge is 0.416 e. The van der Waals surface area contributed by atoms with Gasteiger partial charge in [0.2, 0.25) is 0 Å². The highest BCUT2D eigenvalue weighted by atomic mass is 19.4. The first-order valence-corrected chi connectivity index (χ1v) is 7.78. The van der Waals surface area contributed by atoms with Gasteiger partial charge in [-0.1, -0.05) is 12.1 Å². The molecule has 0 radical (unpaired) electrons. The van der Waals surface area contributed by atoms with Crippen molar-refractivity contribution in [2.75, 3.05) is 6.61 Å². The molecule has 1 heterocycles. The van der Waals surface area contributed by atoms with Gasteiger partial charge >= 0.3 is 12.1 Å². The number of hydrogen-bond donors (Lipinski definition) is 1. The highest BCUT2D eigenvalue weighted by Gasteiger charge is 2.30. The minimum Gasteiger partial charge on any atom is -0.494 e. The Hall–Kier alpha value is -3.09. The summed E-state index contributed by atoms with van der Waals surface area (Å²) in [6.45, 7) is 2.25. The zero-order chi connectivity index (χ0) is 18.9. The molecule has 4 nitrogen and oxygen atoms in total. The number of ether oxygens (including phenoxy) is 1. The van der Waals surface area contributed by atoms with E-state index in [0.717, 1.165) is 12.1 Å². The number of aromatic nitrogens is 1. The maximum atomic E-state index is 12.7. The van der Waals surface area contributed by atoms with Gasteiger partial charge in [0, 0.05) is 10.9 Å². The minimum absolute atomic E-state index is 0.00597. The number of carboxylic acid groups (broad SMARTS) is 1. The van der Waals surface area contributed by atoms with Gasteiger partial charge in [-0.25, -0.2) is 9.78 Å². The van der Waals surface area contributed by atoms with E-state index in [0.29, 0.717) is 28.8 Å². The van der Waals surface area contributed by atoms with E-state index in [1.807, 2.05) is 6.92 Å². The maximum absolute atomic E-state index is 12.7. The van der Waals surface area contributed by atoms with Crippen LogP contribution in [0.5, 0.6) is 5.75 Å². The number of carboxylic acids is 1. The summed E-state index contributed by atoms with van der Waals surface area (Å²) in [7, 11) is 0. The van der Waals surface area contributed by atoms with Gasteiger partial charge in [-0.05, 0) is 43.3 Å².